The molecule has 1 aliphatic rings. The quantitative estimate of drug-likeness (QED) is 0.686. The largest absolute Gasteiger partial charge is 0.480 e. The molecule has 1 atom stereocenters. The van der Waals surface area contributed by atoms with Gasteiger partial charge in [-0.1, -0.05) is 0 Å². The van der Waals surface area contributed by atoms with E-state index in [0.29, 0.717) is 13.0 Å². The first-order valence-electron chi connectivity index (χ1n) is 4.97. The van der Waals surface area contributed by atoms with Crippen LogP contribution in [0, 0.1) is 0 Å². The van der Waals surface area contributed by atoms with Crippen LogP contribution in [0.2, 0.25) is 0 Å². The van der Waals surface area contributed by atoms with Crippen molar-refractivity contribution < 1.29 is 14.7 Å². The lowest BCUT2D eigenvalue weighted by Gasteiger charge is -2.31. The molecule has 1 aromatic heterocycles. The summed E-state index contributed by atoms with van der Waals surface area (Å²) in [5, 5.41) is 21.5. The first kappa shape index (κ1) is 10.5. The van der Waals surface area contributed by atoms with Crippen LogP contribution in [0.25, 0.3) is 0 Å². The average Bonchev–Trinajstić information content (AvgIpc) is 2.81. The summed E-state index contributed by atoms with van der Waals surface area (Å²) >= 11 is 0. The summed E-state index contributed by atoms with van der Waals surface area (Å²) in [4.78, 5) is 24.1. The SMILES string of the molecule is O=C(O)[C@H]1CCCCN1C(=O)c1nn[nH]n1. The number of carbonyl (C=O) groups excluding carboxylic acids is 1. The summed E-state index contributed by atoms with van der Waals surface area (Å²) in [6.07, 6.45) is 2.08. The van der Waals surface area contributed by atoms with Gasteiger partial charge in [0.05, 0.1) is 0 Å². The minimum Gasteiger partial charge on any atom is -0.480 e. The maximum Gasteiger partial charge on any atom is 0.326 e. The smallest absolute Gasteiger partial charge is 0.326 e. The van der Waals surface area contributed by atoms with E-state index in [9.17, 15) is 9.59 Å². The number of aromatic nitrogens is 4. The molecular weight excluding hydrogens is 214 g/mol. The fraction of sp³-hybridized carbons (Fsp3) is 0.625. The van der Waals surface area contributed by atoms with Crippen molar-refractivity contribution in [3.05, 3.63) is 5.82 Å². The molecule has 0 aliphatic carbocycles. The van der Waals surface area contributed by atoms with Crippen LogP contribution in [0.15, 0.2) is 0 Å². The Morgan fingerprint density at radius 3 is 2.88 bits per heavy atom. The van der Waals surface area contributed by atoms with Gasteiger partial charge in [-0.15, -0.1) is 10.2 Å². The molecular formula is C8H11N5O3. The van der Waals surface area contributed by atoms with Crippen LogP contribution in [0.3, 0.4) is 0 Å². The van der Waals surface area contributed by atoms with Gasteiger partial charge in [0.2, 0.25) is 0 Å². The van der Waals surface area contributed by atoms with Crippen LogP contribution in [-0.4, -0.2) is 55.1 Å². The predicted octanol–water partition coefficient (Wildman–Crippen LogP) is -0.721. The van der Waals surface area contributed by atoms with Crippen molar-refractivity contribution in [2.75, 3.05) is 6.54 Å². The number of carboxylic acids is 1. The van der Waals surface area contributed by atoms with Gasteiger partial charge in [0.15, 0.2) is 0 Å². The lowest BCUT2D eigenvalue weighted by atomic mass is 10.0. The van der Waals surface area contributed by atoms with E-state index in [1.165, 1.54) is 4.90 Å². The summed E-state index contributed by atoms with van der Waals surface area (Å²) in [5.74, 6) is -1.56. The first-order valence-corrected chi connectivity index (χ1v) is 4.97. The Kier molecular flexibility index (Phi) is 2.80. The zero-order valence-electron chi connectivity index (χ0n) is 8.46. The van der Waals surface area contributed by atoms with Gasteiger partial charge in [0, 0.05) is 6.54 Å². The Balaban J connectivity index is 2.17. The Labute approximate surface area is 90.6 Å². The summed E-state index contributed by atoms with van der Waals surface area (Å²) < 4.78 is 0. The third kappa shape index (κ3) is 1.86. The van der Waals surface area contributed by atoms with Gasteiger partial charge < -0.3 is 10.0 Å². The van der Waals surface area contributed by atoms with Crippen LogP contribution in [-0.2, 0) is 4.79 Å². The van der Waals surface area contributed by atoms with Crippen LogP contribution < -0.4 is 0 Å². The topological polar surface area (TPSA) is 112 Å². The number of tetrazole rings is 1. The Morgan fingerprint density at radius 1 is 1.44 bits per heavy atom. The minimum absolute atomic E-state index is 0.0897. The van der Waals surface area contributed by atoms with Crippen LogP contribution in [0.1, 0.15) is 29.9 Å². The molecule has 16 heavy (non-hydrogen) atoms. The van der Waals surface area contributed by atoms with E-state index in [-0.39, 0.29) is 5.82 Å². The standard InChI is InChI=1S/C8H11N5O3/c14-7(6-9-11-12-10-6)13-4-2-1-3-5(13)8(15)16/h5H,1-4H2,(H,15,16)(H,9,10,11,12)/t5-/m1/s1. The second kappa shape index (κ2) is 4.25. The number of nitrogens with zero attached hydrogens (tertiary/aromatic N) is 4. The van der Waals surface area contributed by atoms with Gasteiger partial charge in [-0.3, -0.25) is 4.79 Å². The second-order valence-corrected chi connectivity index (χ2v) is 3.58. The van der Waals surface area contributed by atoms with E-state index in [0.717, 1.165) is 12.8 Å². The number of H-pyrrole nitrogens is 1. The summed E-state index contributed by atoms with van der Waals surface area (Å²) in [7, 11) is 0. The zero-order valence-corrected chi connectivity index (χ0v) is 8.46. The number of aromatic amines is 1. The number of hydrogen-bond acceptors (Lipinski definition) is 5. The number of carbonyl (C=O) groups is 2. The number of aliphatic carboxylic acids is 1. The molecule has 2 rings (SSSR count). The highest BCUT2D eigenvalue weighted by Gasteiger charge is 2.33. The molecule has 1 aliphatic heterocycles. The molecule has 8 nitrogen and oxygen atoms in total. The second-order valence-electron chi connectivity index (χ2n) is 3.58. The molecule has 1 saturated heterocycles. The van der Waals surface area contributed by atoms with Crippen molar-refractivity contribution in [2.45, 2.75) is 25.3 Å². The minimum atomic E-state index is -0.989. The van der Waals surface area contributed by atoms with Crippen LogP contribution >= 0.6 is 0 Å². The van der Waals surface area contributed by atoms with Crippen molar-refractivity contribution in [1.82, 2.24) is 25.5 Å². The summed E-state index contributed by atoms with van der Waals surface area (Å²) in [6.45, 7) is 0.421. The number of carboxylic acid groups (broad SMARTS) is 1. The first-order chi connectivity index (χ1) is 7.70. The highest BCUT2D eigenvalue weighted by atomic mass is 16.4. The summed E-state index contributed by atoms with van der Waals surface area (Å²) in [5.41, 5.74) is 0. The monoisotopic (exact) mass is 225 g/mol. The number of piperidine rings is 1. The molecule has 2 N–H and O–H groups in total. The molecule has 0 saturated carbocycles. The molecule has 0 unspecified atom stereocenters. The third-order valence-corrected chi connectivity index (χ3v) is 2.59. The Morgan fingerprint density at radius 2 is 2.25 bits per heavy atom. The molecule has 8 heteroatoms. The Hall–Kier alpha value is -1.99. The summed E-state index contributed by atoms with van der Waals surface area (Å²) in [6, 6.07) is -0.778. The maximum absolute atomic E-state index is 11.9. The van der Waals surface area contributed by atoms with Crippen LogP contribution in [0.4, 0.5) is 0 Å². The number of likely N-dealkylation sites (tertiary alicyclic amines) is 1. The molecule has 86 valence electrons. The highest BCUT2D eigenvalue weighted by molar-refractivity contribution is 5.93. The van der Waals surface area contributed by atoms with Crippen LogP contribution in [0.5, 0.6) is 0 Å². The molecule has 1 aromatic rings. The number of nitrogens with one attached hydrogen (secondary N) is 1. The van der Waals surface area contributed by atoms with E-state index >= 15 is 0 Å². The van der Waals surface area contributed by atoms with Crippen molar-refractivity contribution in [1.29, 1.82) is 0 Å². The van der Waals surface area contributed by atoms with E-state index in [1.54, 1.807) is 0 Å². The normalized spacial score (nSPS) is 20.8. The highest BCUT2D eigenvalue weighted by Crippen LogP contribution is 2.18. The third-order valence-electron chi connectivity index (χ3n) is 2.59. The lowest BCUT2D eigenvalue weighted by molar-refractivity contribution is -0.143. The van der Waals surface area contributed by atoms with Gasteiger partial charge in [0.1, 0.15) is 6.04 Å². The van der Waals surface area contributed by atoms with Gasteiger partial charge in [-0.2, -0.15) is 5.21 Å². The maximum atomic E-state index is 11.9. The Bertz CT molecular complexity index is 390. The van der Waals surface area contributed by atoms with E-state index in [1.807, 2.05) is 0 Å². The fourth-order valence-corrected chi connectivity index (χ4v) is 1.81. The van der Waals surface area contributed by atoms with Gasteiger partial charge in [-0.05, 0) is 24.5 Å². The van der Waals surface area contributed by atoms with Gasteiger partial charge in [-0.25, -0.2) is 4.79 Å². The van der Waals surface area contributed by atoms with E-state index < -0.39 is 17.9 Å². The molecule has 2 heterocycles. The lowest BCUT2D eigenvalue weighted by Crippen LogP contribution is -2.48. The number of amides is 1. The van der Waals surface area contributed by atoms with Crippen molar-refractivity contribution >= 4 is 11.9 Å². The van der Waals surface area contributed by atoms with Gasteiger partial charge >= 0.3 is 5.97 Å². The molecule has 0 spiro atoms. The molecule has 0 bridgehead atoms. The number of hydrogen-bond donors (Lipinski definition) is 2. The van der Waals surface area contributed by atoms with Crippen molar-refractivity contribution in [3.8, 4) is 0 Å². The predicted molar refractivity (Wildman–Crippen MR) is 50.5 cm³/mol. The fourth-order valence-electron chi connectivity index (χ4n) is 1.81. The number of rotatable bonds is 2. The van der Waals surface area contributed by atoms with Crippen molar-refractivity contribution in [2.24, 2.45) is 0 Å². The average molecular weight is 225 g/mol. The molecule has 1 amide bonds. The van der Waals surface area contributed by atoms with Gasteiger partial charge in [0.25, 0.3) is 11.7 Å². The molecule has 0 aromatic carbocycles. The van der Waals surface area contributed by atoms with E-state index in [4.69, 9.17) is 5.11 Å². The van der Waals surface area contributed by atoms with E-state index in [2.05, 4.69) is 20.6 Å². The van der Waals surface area contributed by atoms with Crippen molar-refractivity contribution in [3.63, 3.8) is 0 Å². The zero-order chi connectivity index (χ0) is 11.5. The molecule has 1 fully saturated rings. The molecule has 0 radical (unpaired) electrons.